The van der Waals surface area contributed by atoms with Crippen molar-refractivity contribution in [3.8, 4) is 0 Å². The maximum absolute atomic E-state index is 6.59. The van der Waals surface area contributed by atoms with Crippen molar-refractivity contribution in [2.24, 2.45) is 11.7 Å². The van der Waals surface area contributed by atoms with Gasteiger partial charge in [0, 0.05) is 34.2 Å². The predicted octanol–water partition coefficient (Wildman–Crippen LogP) is 5.92. The van der Waals surface area contributed by atoms with Crippen LogP contribution in [0, 0.1) is 5.92 Å². The number of aromatic nitrogens is 2. The second kappa shape index (κ2) is 10.7. The Labute approximate surface area is 203 Å². The van der Waals surface area contributed by atoms with Crippen LogP contribution in [-0.4, -0.2) is 52.6 Å². The van der Waals surface area contributed by atoms with Crippen LogP contribution >= 0.6 is 0 Å². The van der Waals surface area contributed by atoms with Gasteiger partial charge in [-0.1, -0.05) is 51.4 Å². The third-order valence-electron chi connectivity index (χ3n) is 6.93. The van der Waals surface area contributed by atoms with E-state index in [1.165, 1.54) is 11.3 Å². The molecule has 1 unspecified atom stereocenters. The van der Waals surface area contributed by atoms with Crippen LogP contribution in [0.4, 0.5) is 5.82 Å². The van der Waals surface area contributed by atoms with E-state index in [4.69, 9.17) is 15.2 Å². The van der Waals surface area contributed by atoms with E-state index in [2.05, 4.69) is 63.1 Å². The van der Waals surface area contributed by atoms with E-state index < -0.39 is 16.1 Å². The number of nitrogens with zero attached hydrogens (tertiary/aromatic N) is 3. The van der Waals surface area contributed by atoms with Crippen molar-refractivity contribution < 1.29 is 9.47 Å². The summed E-state index contributed by atoms with van der Waals surface area (Å²) in [4.78, 5) is 0. The van der Waals surface area contributed by atoms with Crippen LogP contribution in [0.2, 0.25) is 51.4 Å². The van der Waals surface area contributed by atoms with Crippen LogP contribution in [0.3, 0.4) is 0 Å². The topological polar surface area (TPSA) is 62.3 Å². The molecule has 0 aromatic carbocycles. The molecule has 8 heteroatoms. The van der Waals surface area contributed by atoms with E-state index >= 15 is 0 Å². The van der Waals surface area contributed by atoms with E-state index in [9.17, 15) is 0 Å². The predicted molar refractivity (Wildman–Crippen MR) is 144 cm³/mol. The lowest BCUT2D eigenvalue weighted by molar-refractivity contribution is -0.0287. The molecular formula is C25H47N4O2Si2+. The first-order valence-electron chi connectivity index (χ1n) is 12.6. The van der Waals surface area contributed by atoms with Gasteiger partial charge in [-0.25, -0.2) is 4.48 Å². The summed E-state index contributed by atoms with van der Waals surface area (Å²) in [6, 6.07) is 4.42. The molecule has 2 N–H and O–H groups in total. The molecule has 1 aromatic rings. The Morgan fingerprint density at radius 1 is 1.03 bits per heavy atom. The van der Waals surface area contributed by atoms with Gasteiger partial charge in [0.05, 0.1) is 19.4 Å². The van der Waals surface area contributed by atoms with Crippen LogP contribution in [0.5, 0.6) is 0 Å². The minimum Gasteiger partial charge on any atom is -0.331 e. The highest BCUT2D eigenvalue weighted by atomic mass is 28.3. The van der Waals surface area contributed by atoms with Gasteiger partial charge in [0.2, 0.25) is 5.82 Å². The highest BCUT2D eigenvalue weighted by molar-refractivity contribution is 6.76. The molecule has 2 aliphatic rings. The molecule has 1 atom stereocenters. The zero-order chi connectivity index (χ0) is 24.3. The molecular weight excluding hydrogens is 444 g/mol. The number of hydrogen-bond donors (Lipinski definition) is 1. The monoisotopic (exact) mass is 491 g/mol. The highest BCUT2D eigenvalue weighted by Crippen LogP contribution is 2.43. The van der Waals surface area contributed by atoms with Gasteiger partial charge < -0.3 is 15.2 Å². The van der Waals surface area contributed by atoms with Crippen molar-refractivity contribution in [3.05, 3.63) is 36.2 Å². The van der Waals surface area contributed by atoms with Gasteiger partial charge in [0.1, 0.15) is 11.9 Å². The number of rotatable bonds is 11. The lowest BCUT2D eigenvalue weighted by Crippen LogP contribution is -2.57. The van der Waals surface area contributed by atoms with Gasteiger partial charge in [0.15, 0.2) is 13.5 Å². The lowest BCUT2D eigenvalue weighted by Gasteiger charge is -2.44. The van der Waals surface area contributed by atoms with E-state index in [-0.39, 0.29) is 6.17 Å². The molecule has 1 fully saturated rings. The Balaban J connectivity index is 1.90. The second-order valence-corrected chi connectivity index (χ2v) is 23.6. The summed E-state index contributed by atoms with van der Waals surface area (Å²) < 4.78 is 15.4. The van der Waals surface area contributed by atoms with Gasteiger partial charge in [-0.15, -0.1) is 0 Å². The molecule has 0 radical (unpaired) electrons. The highest BCUT2D eigenvalue weighted by Gasteiger charge is 2.47. The van der Waals surface area contributed by atoms with E-state index in [0.717, 1.165) is 56.8 Å². The number of allylic oxidation sites excluding steroid dienone is 2. The average molecular weight is 492 g/mol. The van der Waals surface area contributed by atoms with Crippen LogP contribution < -0.4 is 10.2 Å². The minimum atomic E-state index is -1.17. The second-order valence-electron chi connectivity index (χ2n) is 12.4. The molecule has 0 amide bonds. The Morgan fingerprint density at radius 3 is 2.09 bits per heavy atom. The summed E-state index contributed by atoms with van der Waals surface area (Å²) in [5, 5.41) is 4.58. The van der Waals surface area contributed by atoms with Gasteiger partial charge in [0.25, 0.3) is 0 Å². The zero-order valence-electron chi connectivity index (χ0n) is 21.9. The van der Waals surface area contributed by atoms with Crippen molar-refractivity contribution in [3.63, 3.8) is 0 Å². The van der Waals surface area contributed by atoms with E-state index in [0.29, 0.717) is 23.9 Å². The zero-order valence-corrected chi connectivity index (χ0v) is 23.9. The molecule has 0 saturated heterocycles. The maximum Gasteiger partial charge on any atom is 0.236 e. The van der Waals surface area contributed by atoms with Crippen LogP contribution in [-0.2, 0) is 9.47 Å². The first-order chi connectivity index (χ1) is 15.4. The summed E-state index contributed by atoms with van der Waals surface area (Å²) in [6.45, 7) is 21.3. The van der Waals surface area contributed by atoms with E-state index in [1.807, 2.05) is 10.9 Å². The molecule has 3 rings (SSSR count). The summed E-state index contributed by atoms with van der Waals surface area (Å²) in [7, 11) is -2.33. The molecule has 1 aromatic heterocycles. The normalized spacial score (nSPS) is 21.7. The average Bonchev–Trinajstić information content (AvgIpc) is 3.21. The van der Waals surface area contributed by atoms with Gasteiger partial charge >= 0.3 is 0 Å². The molecule has 2 heterocycles. The number of ether oxygens (including phenoxy) is 2. The van der Waals surface area contributed by atoms with Crippen LogP contribution in [0.25, 0.3) is 0 Å². The number of quaternary nitrogens is 1. The summed E-state index contributed by atoms with van der Waals surface area (Å²) in [5.74, 6) is 1.55. The summed E-state index contributed by atoms with van der Waals surface area (Å²) >= 11 is 0. The molecule has 33 heavy (non-hydrogen) atoms. The molecule has 1 saturated carbocycles. The Morgan fingerprint density at radius 2 is 1.58 bits per heavy atom. The number of nitrogens with two attached hydrogens (primary N) is 1. The number of fused-ring (bicyclic) bond motifs is 1. The smallest absolute Gasteiger partial charge is 0.236 e. The Kier molecular flexibility index (Phi) is 8.62. The van der Waals surface area contributed by atoms with Gasteiger partial charge in [-0.2, -0.15) is 9.78 Å². The fourth-order valence-electron chi connectivity index (χ4n) is 4.72. The van der Waals surface area contributed by atoms with Crippen molar-refractivity contribution in [2.45, 2.75) is 83.2 Å². The molecule has 1 aliphatic heterocycles. The number of hydrogen-bond acceptors (Lipinski definition) is 4. The van der Waals surface area contributed by atoms with Crippen LogP contribution in [0.1, 0.15) is 31.8 Å². The minimum absolute atomic E-state index is 0.245. The molecule has 0 bridgehead atoms. The molecule has 6 nitrogen and oxygen atoms in total. The standard InChI is InChI=1S/C25H47N4O2Si2/c1-21-8-10-22(11-9-21)23-18-24(26)28-25(12-13-27-28)29(23,19-30-14-16-32(2,3)4)20-31-15-17-33(5,6)7/h12-13,18,22,24H,1,8-11,14-17,19-20,26H2,2-7H3/q+1. The first kappa shape index (κ1) is 26.6. The van der Waals surface area contributed by atoms with Crippen molar-refractivity contribution in [2.75, 3.05) is 26.7 Å². The van der Waals surface area contributed by atoms with Gasteiger partial charge in [-0.05, 0) is 37.8 Å². The first-order valence-corrected chi connectivity index (χ1v) is 20.0. The van der Waals surface area contributed by atoms with Crippen LogP contribution in [0.15, 0.2) is 36.2 Å². The Bertz CT molecular complexity index is 806. The fourth-order valence-corrected chi connectivity index (χ4v) is 6.23. The molecule has 0 spiro atoms. The largest absolute Gasteiger partial charge is 0.331 e. The quantitative estimate of drug-likeness (QED) is 0.181. The molecule has 186 valence electrons. The van der Waals surface area contributed by atoms with Crippen molar-refractivity contribution >= 4 is 22.0 Å². The summed E-state index contributed by atoms with van der Waals surface area (Å²) in [6.07, 6.45) is 8.27. The fraction of sp³-hybridized carbons (Fsp3) is 0.720. The molecule has 1 aliphatic carbocycles. The third-order valence-corrected chi connectivity index (χ3v) is 10.3. The lowest BCUT2D eigenvalue weighted by atomic mass is 9.82. The SMILES string of the molecule is C=C1CCC(C2=CC(N)n3nccc3[N+]2(COCC[Si](C)(C)C)COCC[Si](C)(C)C)CC1. The Hall–Kier alpha value is -1.04. The van der Waals surface area contributed by atoms with Crippen molar-refractivity contribution in [1.29, 1.82) is 0 Å². The van der Waals surface area contributed by atoms with Crippen molar-refractivity contribution in [1.82, 2.24) is 14.3 Å². The van der Waals surface area contributed by atoms with E-state index in [1.54, 1.807) is 0 Å². The maximum atomic E-state index is 6.59. The van der Waals surface area contributed by atoms with Gasteiger partial charge in [-0.3, -0.25) is 0 Å². The third kappa shape index (κ3) is 6.99. The summed E-state index contributed by atoms with van der Waals surface area (Å²) in [5.41, 5.74) is 9.31.